The van der Waals surface area contributed by atoms with Gasteiger partial charge in [0.2, 0.25) is 0 Å². The van der Waals surface area contributed by atoms with Crippen LogP contribution in [0.25, 0.3) is 0 Å². The monoisotopic (exact) mass is 309 g/mol. The molecule has 124 valence electrons. The van der Waals surface area contributed by atoms with Gasteiger partial charge in [0.15, 0.2) is 0 Å². The van der Waals surface area contributed by atoms with Gasteiger partial charge in [-0.1, -0.05) is 6.92 Å². The highest BCUT2D eigenvalue weighted by atomic mass is 16.5. The van der Waals surface area contributed by atoms with Gasteiger partial charge < -0.3 is 19.1 Å². The van der Waals surface area contributed by atoms with E-state index in [0.717, 1.165) is 63.3 Å². The number of hydrogen-bond acceptors (Lipinski definition) is 4. The van der Waals surface area contributed by atoms with Crippen molar-refractivity contribution in [1.82, 2.24) is 4.90 Å². The Morgan fingerprint density at radius 3 is 2.82 bits per heavy atom. The van der Waals surface area contributed by atoms with Gasteiger partial charge in [-0.25, -0.2) is 0 Å². The summed E-state index contributed by atoms with van der Waals surface area (Å²) in [5.41, 5.74) is 0.665. The van der Waals surface area contributed by atoms with Crippen LogP contribution in [0.4, 0.5) is 0 Å². The molecule has 3 rings (SSSR count). The lowest BCUT2D eigenvalue weighted by atomic mass is 9.90. The number of allylic oxidation sites excluding steroid dienone is 1. The molecule has 22 heavy (non-hydrogen) atoms. The summed E-state index contributed by atoms with van der Waals surface area (Å²) in [7, 11) is 0. The van der Waals surface area contributed by atoms with Gasteiger partial charge in [-0.3, -0.25) is 4.79 Å². The zero-order valence-electron chi connectivity index (χ0n) is 13.7. The molecule has 0 bridgehead atoms. The Kier molecular flexibility index (Phi) is 4.73. The van der Waals surface area contributed by atoms with Crippen molar-refractivity contribution in [2.24, 2.45) is 0 Å². The van der Waals surface area contributed by atoms with Crippen LogP contribution in [0.15, 0.2) is 11.3 Å². The first-order valence-corrected chi connectivity index (χ1v) is 8.53. The minimum Gasteiger partial charge on any atom is -0.497 e. The standard InChI is InChI=1S/C17H27NO4/c1-3-15-14(5-4-8-21-15)16(19)18-11-13(2)22-17(12-18)6-9-20-10-7-17/h13H,3-12H2,1-2H3. The highest BCUT2D eigenvalue weighted by molar-refractivity contribution is 5.94. The van der Waals surface area contributed by atoms with Crippen LogP contribution in [0.5, 0.6) is 0 Å². The molecule has 0 N–H and O–H groups in total. The molecule has 1 spiro atoms. The Morgan fingerprint density at radius 2 is 2.09 bits per heavy atom. The number of rotatable bonds is 2. The summed E-state index contributed by atoms with van der Waals surface area (Å²) in [6, 6.07) is 0. The molecule has 0 aromatic rings. The van der Waals surface area contributed by atoms with Gasteiger partial charge in [-0.2, -0.15) is 0 Å². The summed E-state index contributed by atoms with van der Waals surface area (Å²) >= 11 is 0. The predicted octanol–water partition coefficient (Wildman–Crippen LogP) is 2.26. The third-order valence-electron chi connectivity index (χ3n) is 4.86. The summed E-state index contributed by atoms with van der Waals surface area (Å²) < 4.78 is 17.4. The molecule has 3 aliphatic rings. The molecule has 1 atom stereocenters. The lowest BCUT2D eigenvalue weighted by molar-refractivity contribution is -0.188. The van der Waals surface area contributed by atoms with Crippen LogP contribution in [0.3, 0.4) is 0 Å². The SMILES string of the molecule is CCC1=C(C(=O)N2CC(C)OC3(CCOCC3)C2)CCCO1. The van der Waals surface area contributed by atoms with Gasteiger partial charge in [-0.15, -0.1) is 0 Å². The first-order chi connectivity index (χ1) is 10.6. The zero-order chi connectivity index (χ0) is 15.6. The van der Waals surface area contributed by atoms with Crippen LogP contribution >= 0.6 is 0 Å². The van der Waals surface area contributed by atoms with Crippen molar-refractivity contribution in [2.45, 2.75) is 57.7 Å². The number of hydrogen-bond donors (Lipinski definition) is 0. The lowest BCUT2D eigenvalue weighted by Crippen LogP contribution is -2.58. The van der Waals surface area contributed by atoms with Crippen molar-refractivity contribution in [3.05, 3.63) is 11.3 Å². The first-order valence-electron chi connectivity index (χ1n) is 8.53. The molecule has 0 saturated carbocycles. The highest BCUT2D eigenvalue weighted by Crippen LogP contribution is 2.33. The van der Waals surface area contributed by atoms with Gasteiger partial charge >= 0.3 is 0 Å². The van der Waals surface area contributed by atoms with Crippen LogP contribution in [-0.2, 0) is 19.0 Å². The molecule has 1 unspecified atom stereocenters. The third-order valence-corrected chi connectivity index (χ3v) is 4.86. The van der Waals surface area contributed by atoms with Gasteiger partial charge in [0.05, 0.1) is 30.4 Å². The summed E-state index contributed by atoms with van der Waals surface area (Å²) in [4.78, 5) is 15.0. The molecule has 1 amide bonds. The van der Waals surface area contributed by atoms with Gasteiger partial charge in [0.25, 0.3) is 5.91 Å². The third kappa shape index (κ3) is 3.15. The summed E-state index contributed by atoms with van der Waals surface area (Å²) in [6.45, 7) is 7.64. The fraction of sp³-hybridized carbons (Fsp3) is 0.824. The zero-order valence-corrected chi connectivity index (χ0v) is 13.7. The fourth-order valence-electron chi connectivity index (χ4n) is 3.80. The smallest absolute Gasteiger partial charge is 0.253 e. The fourth-order valence-corrected chi connectivity index (χ4v) is 3.80. The molecule has 0 aromatic carbocycles. The van der Waals surface area contributed by atoms with Gasteiger partial charge in [-0.05, 0) is 19.8 Å². The second-order valence-electron chi connectivity index (χ2n) is 6.62. The Labute approximate surface area is 132 Å². The molecule has 3 aliphatic heterocycles. The van der Waals surface area contributed by atoms with E-state index in [4.69, 9.17) is 14.2 Å². The topological polar surface area (TPSA) is 48.0 Å². The number of ether oxygens (including phenoxy) is 3. The summed E-state index contributed by atoms with van der Waals surface area (Å²) in [5, 5.41) is 0. The highest BCUT2D eigenvalue weighted by Gasteiger charge is 2.43. The maximum absolute atomic E-state index is 13.0. The van der Waals surface area contributed by atoms with Crippen molar-refractivity contribution < 1.29 is 19.0 Å². The van der Waals surface area contributed by atoms with Crippen molar-refractivity contribution in [3.8, 4) is 0 Å². The molecule has 0 aliphatic carbocycles. The quantitative estimate of drug-likeness (QED) is 0.785. The predicted molar refractivity (Wildman–Crippen MR) is 82.4 cm³/mol. The molecule has 5 nitrogen and oxygen atoms in total. The van der Waals surface area contributed by atoms with E-state index < -0.39 is 0 Å². The van der Waals surface area contributed by atoms with E-state index in [2.05, 4.69) is 13.8 Å². The normalized spacial score (nSPS) is 28.6. The molecule has 2 saturated heterocycles. The Hall–Kier alpha value is -1.07. The van der Waals surface area contributed by atoms with Crippen LogP contribution in [-0.4, -0.2) is 55.4 Å². The number of amides is 1. The number of carbonyl (C=O) groups excluding carboxylic acids is 1. The van der Waals surface area contributed by atoms with E-state index in [1.807, 2.05) is 4.90 Å². The van der Waals surface area contributed by atoms with Gasteiger partial charge in [0.1, 0.15) is 5.76 Å². The average molecular weight is 309 g/mol. The van der Waals surface area contributed by atoms with Crippen LogP contribution < -0.4 is 0 Å². The first kappa shape index (κ1) is 15.8. The second-order valence-corrected chi connectivity index (χ2v) is 6.62. The number of carbonyl (C=O) groups is 1. The molecule has 0 radical (unpaired) electrons. The second kappa shape index (κ2) is 6.59. The van der Waals surface area contributed by atoms with Crippen LogP contribution in [0.1, 0.15) is 46.0 Å². The summed E-state index contributed by atoms with van der Waals surface area (Å²) in [5.74, 6) is 1.04. The molecular formula is C17H27NO4. The van der Waals surface area contributed by atoms with E-state index in [1.54, 1.807) is 0 Å². The molecule has 0 aromatic heterocycles. The van der Waals surface area contributed by atoms with E-state index >= 15 is 0 Å². The minimum absolute atomic E-state index is 0.0750. The van der Waals surface area contributed by atoms with Crippen molar-refractivity contribution in [2.75, 3.05) is 32.9 Å². The van der Waals surface area contributed by atoms with E-state index in [1.165, 1.54) is 0 Å². The van der Waals surface area contributed by atoms with Crippen molar-refractivity contribution >= 4 is 5.91 Å². The lowest BCUT2D eigenvalue weighted by Gasteiger charge is -2.47. The Bertz CT molecular complexity index is 454. The van der Waals surface area contributed by atoms with E-state index in [-0.39, 0.29) is 17.6 Å². The van der Waals surface area contributed by atoms with Crippen molar-refractivity contribution in [1.29, 1.82) is 0 Å². The minimum atomic E-state index is -0.214. The molecular weight excluding hydrogens is 282 g/mol. The van der Waals surface area contributed by atoms with Crippen molar-refractivity contribution in [3.63, 3.8) is 0 Å². The van der Waals surface area contributed by atoms with E-state index in [0.29, 0.717) is 13.1 Å². The molecule has 3 heterocycles. The molecule has 2 fully saturated rings. The van der Waals surface area contributed by atoms with Crippen LogP contribution in [0, 0.1) is 0 Å². The van der Waals surface area contributed by atoms with Crippen LogP contribution in [0.2, 0.25) is 0 Å². The molecule has 5 heteroatoms. The number of morpholine rings is 1. The largest absolute Gasteiger partial charge is 0.497 e. The Morgan fingerprint density at radius 1 is 1.32 bits per heavy atom. The average Bonchev–Trinajstić information content (AvgIpc) is 2.54. The maximum atomic E-state index is 13.0. The van der Waals surface area contributed by atoms with E-state index in [9.17, 15) is 4.79 Å². The number of nitrogens with zero attached hydrogens (tertiary/aromatic N) is 1. The van der Waals surface area contributed by atoms with Gasteiger partial charge in [0, 0.05) is 39.0 Å². The maximum Gasteiger partial charge on any atom is 0.253 e. The summed E-state index contributed by atoms with van der Waals surface area (Å²) in [6.07, 6.45) is 4.38. The Balaban J connectivity index is 1.78.